The summed E-state index contributed by atoms with van der Waals surface area (Å²) in [7, 11) is 0. The summed E-state index contributed by atoms with van der Waals surface area (Å²) in [6.45, 7) is -0.0132. The fraction of sp³-hybridized carbons (Fsp3) is 0.333. The Labute approximate surface area is 116 Å². The SMILES string of the molecule is OC1COC(Nc2cccc3ccccc23)C(O)C1O. The van der Waals surface area contributed by atoms with E-state index in [2.05, 4.69) is 5.32 Å². The predicted molar refractivity (Wildman–Crippen MR) is 75.3 cm³/mol. The second-order valence-corrected chi connectivity index (χ2v) is 4.97. The van der Waals surface area contributed by atoms with E-state index in [4.69, 9.17) is 4.74 Å². The number of hydrogen-bond acceptors (Lipinski definition) is 5. The molecule has 4 N–H and O–H groups in total. The van der Waals surface area contributed by atoms with Crippen molar-refractivity contribution in [1.82, 2.24) is 0 Å². The molecule has 3 rings (SSSR count). The van der Waals surface area contributed by atoms with Gasteiger partial charge < -0.3 is 25.4 Å². The minimum Gasteiger partial charge on any atom is -0.388 e. The van der Waals surface area contributed by atoms with Gasteiger partial charge in [0.1, 0.15) is 18.3 Å². The second-order valence-electron chi connectivity index (χ2n) is 4.97. The highest BCUT2D eigenvalue weighted by Gasteiger charge is 2.37. The first-order chi connectivity index (χ1) is 9.66. The second kappa shape index (κ2) is 5.38. The van der Waals surface area contributed by atoms with Gasteiger partial charge in [0.25, 0.3) is 0 Å². The van der Waals surface area contributed by atoms with Crippen molar-refractivity contribution < 1.29 is 20.1 Å². The van der Waals surface area contributed by atoms with Gasteiger partial charge in [0.05, 0.1) is 6.61 Å². The Morgan fingerprint density at radius 2 is 1.70 bits per heavy atom. The zero-order valence-electron chi connectivity index (χ0n) is 10.8. The molecule has 2 aromatic rings. The Balaban J connectivity index is 1.86. The van der Waals surface area contributed by atoms with E-state index in [9.17, 15) is 15.3 Å². The summed E-state index contributed by atoms with van der Waals surface area (Å²) in [5.74, 6) is 0. The van der Waals surface area contributed by atoms with Crippen LogP contribution in [0.1, 0.15) is 0 Å². The van der Waals surface area contributed by atoms with Gasteiger partial charge in [-0.2, -0.15) is 0 Å². The highest BCUT2D eigenvalue weighted by Crippen LogP contribution is 2.25. The van der Waals surface area contributed by atoms with E-state index in [0.717, 1.165) is 16.5 Å². The maximum atomic E-state index is 9.94. The number of anilines is 1. The lowest BCUT2D eigenvalue weighted by molar-refractivity contribution is -0.178. The van der Waals surface area contributed by atoms with Gasteiger partial charge in [-0.3, -0.25) is 0 Å². The quantitative estimate of drug-likeness (QED) is 0.648. The molecule has 0 radical (unpaired) electrons. The molecular weight excluding hydrogens is 258 g/mol. The van der Waals surface area contributed by atoms with Gasteiger partial charge in [-0.15, -0.1) is 0 Å². The fourth-order valence-corrected chi connectivity index (χ4v) is 2.44. The molecule has 1 heterocycles. The Hall–Kier alpha value is -1.66. The van der Waals surface area contributed by atoms with Crippen molar-refractivity contribution in [3.05, 3.63) is 42.5 Å². The van der Waals surface area contributed by atoms with Crippen molar-refractivity contribution in [2.75, 3.05) is 11.9 Å². The van der Waals surface area contributed by atoms with Gasteiger partial charge in [-0.25, -0.2) is 0 Å². The lowest BCUT2D eigenvalue weighted by Gasteiger charge is -2.36. The Morgan fingerprint density at radius 3 is 2.55 bits per heavy atom. The molecule has 1 fully saturated rings. The van der Waals surface area contributed by atoms with Crippen LogP contribution in [0.25, 0.3) is 10.8 Å². The average molecular weight is 275 g/mol. The van der Waals surface area contributed by atoms with E-state index >= 15 is 0 Å². The van der Waals surface area contributed by atoms with E-state index in [1.54, 1.807) is 0 Å². The average Bonchev–Trinajstić information content (AvgIpc) is 2.48. The molecule has 0 saturated carbocycles. The van der Waals surface area contributed by atoms with Crippen LogP contribution in [0.2, 0.25) is 0 Å². The summed E-state index contributed by atoms with van der Waals surface area (Å²) in [6.07, 6.45) is -4.20. The van der Waals surface area contributed by atoms with Crippen LogP contribution < -0.4 is 5.32 Å². The van der Waals surface area contributed by atoms with Crippen molar-refractivity contribution in [1.29, 1.82) is 0 Å². The predicted octanol–water partition coefficient (Wildman–Crippen LogP) is 0.691. The topological polar surface area (TPSA) is 82.0 Å². The lowest BCUT2D eigenvalue weighted by atomic mass is 10.0. The van der Waals surface area contributed by atoms with Gasteiger partial charge >= 0.3 is 0 Å². The van der Waals surface area contributed by atoms with Gasteiger partial charge in [0.15, 0.2) is 6.23 Å². The molecule has 0 aliphatic carbocycles. The molecule has 1 aliphatic heterocycles. The maximum Gasteiger partial charge on any atom is 0.156 e. The molecule has 5 nitrogen and oxygen atoms in total. The summed E-state index contributed by atoms with van der Waals surface area (Å²) in [6, 6.07) is 13.6. The summed E-state index contributed by atoms with van der Waals surface area (Å²) in [5.41, 5.74) is 0.815. The molecule has 0 spiro atoms. The summed E-state index contributed by atoms with van der Waals surface area (Å²) in [5, 5.41) is 34.2. The third kappa shape index (κ3) is 2.36. The highest BCUT2D eigenvalue weighted by molar-refractivity contribution is 5.93. The number of aliphatic hydroxyl groups is 3. The van der Waals surface area contributed by atoms with Crippen LogP contribution >= 0.6 is 0 Å². The maximum absolute atomic E-state index is 9.94. The van der Waals surface area contributed by atoms with Crippen LogP contribution in [0.15, 0.2) is 42.5 Å². The van der Waals surface area contributed by atoms with Crippen LogP contribution in [0.3, 0.4) is 0 Å². The van der Waals surface area contributed by atoms with Crippen LogP contribution in [0.5, 0.6) is 0 Å². The van der Waals surface area contributed by atoms with E-state index in [1.807, 2.05) is 42.5 Å². The molecule has 1 aliphatic rings. The van der Waals surface area contributed by atoms with Gasteiger partial charge in [-0.05, 0) is 11.5 Å². The number of hydrogen-bond donors (Lipinski definition) is 4. The minimum absolute atomic E-state index is 0.0132. The Kier molecular flexibility index (Phi) is 3.58. The van der Waals surface area contributed by atoms with Crippen LogP contribution in [0.4, 0.5) is 5.69 Å². The molecule has 0 bridgehead atoms. The lowest BCUT2D eigenvalue weighted by Crippen LogP contribution is -2.55. The molecule has 2 aromatic carbocycles. The first kappa shape index (κ1) is 13.3. The van der Waals surface area contributed by atoms with Crippen molar-refractivity contribution in [3.63, 3.8) is 0 Å². The largest absolute Gasteiger partial charge is 0.388 e. The Bertz CT molecular complexity index is 598. The third-order valence-corrected chi connectivity index (χ3v) is 3.59. The zero-order valence-corrected chi connectivity index (χ0v) is 10.8. The number of ether oxygens (including phenoxy) is 1. The van der Waals surface area contributed by atoms with Crippen molar-refractivity contribution in [2.24, 2.45) is 0 Å². The number of fused-ring (bicyclic) bond motifs is 1. The van der Waals surface area contributed by atoms with E-state index in [-0.39, 0.29) is 6.61 Å². The summed E-state index contributed by atoms with van der Waals surface area (Å²) in [4.78, 5) is 0. The van der Waals surface area contributed by atoms with Crippen LogP contribution in [-0.4, -0.2) is 46.5 Å². The van der Waals surface area contributed by atoms with Crippen molar-refractivity contribution >= 4 is 16.5 Å². The zero-order chi connectivity index (χ0) is 14.1. The first-order valence-electron chi connectivity index (χ1n) is 6.57. The van der Waals surface area contributed by atoms with E-state index in [0.29, 0.717) is 0 Å². The first-order valence-corrected chi connectivity index (χ1v) is 6.57. The van der Waals surface area contributed by atoms with Gasteiger partial charge in [-0.1, -0.05) is 36.4 Å². The molecular formula is C15H17NO4. The molecule has 5 heteroatoms. The smallest absolute Gasteiger partial charge is 0.156 e. The fourth-order valence-electron chi connectivity index (χ4n) is 2.44. The summed E-state index contributed by atoms with van der Waals surface area (Å²) >= 11 is 0. The number of aliphatic hydroxyl groups excluding tert-OH is 3. The standard InChI is InChI=1S/C15H17NO4/c17-12-8-20-15(14(19)13(12)18)16-11-7-3-5-9-4-1-2-6-10(9)11/h1-7,12-19H,8H2. The monoisotopic (exact) mass is 275 g/mol. The van der Waals surface area contributed by atoms with E-state index in [1.165, 1.54) is 0 Å². The molecule has 1 saturated heterocycles. The van der Waals surface area contributed by atoms with Gasteiger partial charge in [0.2, 0.25) is 0 Å². The minimum atomic E-state index is -1.21. The number of nitrogens with one attached hydrogen (secondary N) is 1. The number of rotatable bonds is 2. The van der Waals surface area contributed by atoms with E-state index < -0.39 is 24.5 Å². The highest BCUT2D eigenvalue weighted by atomic mass is 16.5. The van der Waals surface area contributed by atoms with Crippen molar-refractivity contribution in [3.8, 4) is 0 Å². The number of benzene rings is 2. The molecule has 4 atom stereocenters. The molecule has 0 aromatic heterocycles. The molecule has 4 unspecified atom stereocenters. The Morgan fingerprint density at radius 1 is 0.950 bits per heavy atom. The molecule has 0 amide bonds. The third-order valence-electron chi connectivity index (χ3n) is 3.59. The summed E-state index contributed by atoms with van der Waals surface area (Å²) < 4.78 is 5.35. The molecule has 106 valence electrons. The van der Waals surface area contributed by atoms with Crippen LogP contribution in [0, 0.1) is 0 Å². The normalized spacial score (nSPS) is 30.4. The van der Waals surface area contributed by atoms with Gasteiger partial charge in [0, 0.05) is 11.1 Å². The van der Waals surface area contributed by atoms with Crippen molar-refractivity contribution in [2.45, 2.75) is 24.5 Å². The molecule has 20 heavy (non-hydrogen) atoms. The van der Waals surface area contributed by atoms with Crippen LogP contribution in [-0.2, 0) is 4.74 Å².